The molecule has 138 valence electrons. The molecule has 0 aliphatic heterocycles. The Morgan fingerprint density at radius 2 is 1.77 bits per heavy atom. The van der Waals surface area contributed by atoms with Gasteiger partial charge in [-0.15, -0.1) is 0 Å². The highest BCUT2D eigenvalue weighted by Gasteiger charge is 2.40. The molecule has 0 spiro atoms. The molecule has 4 rings (SSSR count). The summed E-state index contributed by atoms with van der Waals surface area (Å²) in [5.74, 6) is 1.99. The number of aromatic nitrogens is 2. The van der Waals surface area contributed by atoms with E-state index in [4.69, 9.17) is 4.52 Å². The standard InChI is InChI=1S/C20H26N4O2/c1-12-21-18(26-24-12)20(2,3)23-19(25)22-17-15-8-9-16(17)11-14-7-5-4-6-13(14)10-15/h4-7,15-17H,8-11H2,1-3H3,(H2,22,23,25). The van der Waals surface area contributed by atoms with Gasteiger partial charge in [-0.25, -0.2) is 4.79 Å². The van der Waals surface area contributed by atoms with Crippen molar-refractivity contribution in [1.82, 2.24) is 20.8 Å². The first kappa shape index (κ1) is 17.1. The summed E-state index contributed by atoms with van der Waals surface area (Å²) >= 11 is 0. The topological polar surface area (TPSA) is 80.0 Å². The van der Waals surface area contributed by atoms with E-state index in [1.54, 1.807) is 6.92 Å². The maximum atomic E-state index is 12.7. The van der Waals surface area contributed by atoms with Crippen LogP contribution in [-0.4, -0.2) is 22.2 Å². The molecule has 6 nitrogen and oxygen atoms in total. The van der Waals surface area contributed by atoms with E-state index in [1.165, 1.54) is 24.0 Å². The quantitative estimate of drug-likeness (QED) is 0.887. The van der Waals surface area contributed by atoms with E-state index in [0.717, 1.165) is 12.8 Å². The summed E-state index contributed by atoms with van der Waals surface area (Å²) < 4.78 is 5.23. The number of carbonyl (C=O) groups excluding carboxylic acids is 1. The molecule has 1 heterocycles. The Bertz CT molecular complexity index is 781. The number of rotatable bonds is 3. The first-order valence-electron chi connectivity index (χ1n) is 9.38. The molecule has 6 heteroatoms. The van der Waals surface area contributed by atoms with Gasteiger partial charge >= 0.3 is 6.03 Å². The summed E-state index contributed by atoms with van der Waals surface area (Å²) in [4.78, 5) is 16.9. The summed E-state index contributed by atoms with van der Waals surface area (Å²) in [5.41, 5.74) is 2.17. The third-order valence-corrected chi connectivity index (χ3v) is 5.79. The maximum Gasteiger partial charge on any atom is 0.315 e. The highest BCUT2D eigenvalue weighted by Crippen LogP contribution is 2.40. The highest BCUT2D eigenvalue weighted by atomic mass is 16.5. The number of urea groups is 1. The molecule has 2 bridgehead atoms. The molecule has 0 saturated heterocycles. The summed E-state index contributed by atoms with van der Waals surface area (Å²) in [6.07, 6.45) is 4.44. The van der Waals surface area contributed by atoms with Gasteiger partial charge in [0.25, 0.3) is 5.89 Å². The number of aryl methyl sites for hydroxylation is 1. The lowest BCUT2D eigenvalue weighted by Crippen LogP contribution is -2.52. The first-order chi connectivity index (χ1) is 12.4. The summed E-state index contributed by atoms with van der Waals surface area (Å²) in [6.45, 7) is 5.51. The SMILES string of the molecule is Cc1noc(C(C)(C)NC(=O)NC2C3CCC2Cc2ccccc2C3)n1. The van der Waals surface area contributed by atoms with E-state index in [9.17, 15) is 4.79 Å². The van der Waals surface area contributed by atoms with Crippen LogP contribution in [0.4, 0.5) is 4.79 Å². The van der Waals surface area contributed by atoms with E-state index < -0.39 is 5.54 Å². The lowest BCUT2D eigenvalue weighted by Gasteiger charge is -2.27. The minimum atomic E-state index is -0.710. The molecule has 2 amide bonds. The van der Waals surface area contributed by atoms with Crippen molar-refractivity contribution in [2.75, 3.05) is 0 Å². The van der Waals surface area contributed by atoms with Crippen molar-refractivity contribution in [2.24, 2.45) is 11.8 Å². The van der Waals surface area contributed by atoms with Gasteiger partial charge in [0.05, 0.1) is 0 Å². The van der Waals surface area contributed by atoms with Gasteiger partial charge in [-0.3, -0.25) is 0 Å². The molecule has 2 N–H and O–H groups in total. The van der Waals surface area contributed by atoms with Gasteiger partial charge in [-0.05, 0) is 69.4 Å². The van der Waals surface area contributed by atoms with Crippen LogP contribution in [-0.2, 0) is 18.4 Å². The Morgan fingerprint density at radius 3 is 2.31 bits per heavy atom. The molecule has 2 aromatic rings. The van der Waals surface area contributed by atoms with Crippen LogP contribution >= 0.6 is 0 Å². The highest BCUT2D eigenvalue weighted by molar-refractivity contribution is 5.75. The Hall–Kier alpha value is -2.37. The third-order valence-electron chi connectivity index (χ3n) is 5.79. The van der Waals surface area contributed by atoms with Gasteiger partial charge in [0.2, 0.25) is 0 Å². The summed E-state index contributed by atoms with van der Waals surface area (Å²) in [7, 11) is 0. The number of benzene rings is 1. The summed E-state index contributed by atoms with van der Waals surface area (Å²) in [6, 6.07) is 8.73. The lowest BCUT2D eigenvalue weighted by molar-refractivity contribution is 0.207. The third kappa shape index (κ3) is 3.20. The van der Waals surface area contributed by atoms with Crippen LogP contribution in [0.15, 0.2) is 28.8 Å². The number of hydrogen-bond acceptors (Lipinski definition) is 4. The van der Waals surface area contributed by atoms with Gasteiger partial charge in [-0.2, -0.15) is 4.98 Å². The van der Waals surface area contributed by atoms with Gasteiger partial charge in [0.15, 0.2) is 5.82 Å². The molecule has 1 saturated carbocycles. The molecule has 1 aromatic heterocycles. The van der Waals surface area contributed by atoms with Crippen LogP contribution < -0.4 is 10.6 Å². The summed E-state index contributed by atoms with van der Waals surface area (Å²) in [5, 5.41) is 10.1. The fourth-order valence-corrected chi connectivity index (χ4v) is 4.46. The van der Waals surface area contributed by atoms with Gasteiger partial charge < -0.3 is 15.2 Å². The number of hydrogen-bond donors (Lipinski definition) is 2. The minimum absolute atomic E-state index is 0.168. The zero-order chi connectivity index (χ0) is 18.3. The molecule has 2 aliphatic carbocycles. The van der Waals surface area contributed by atoms with E-state index in [-0.39, 0.29) is 12.1 Å². The maximum absolute atomic E-state index is 12.7. The normalized spacial score (nSPS) is 24.7. The zero-order valence-electron chi connectivity index (χ0n) is 15.6. The molecule has 2 aliphatic rings. The zero-order valence-corrected chi connectivity index (χ0v) is 15.6. The van der Waals surface area contributed by atoms with Crippen molar-refractivity contribution in [3.8, 4) is 0 Å². The first-order valence-corrected chi connectivity index (χ1v) is 9.38. The second-order valence-electron chi connectivity index (χ2n) is 8.17. The number of nitrogens with one attached hydrogen (secondary N) is 2. The Morgan fingerprint density at radius 1 is 1.15 bits per heavy atom. The predicted octanol–water partition coefficient (Wildman–Crippen LogP) is 3.11. The van der Waals surface area contributed by atoms with Crippen molar-refractivity contribution in [3.63, 3.8) is 0 Å². The van der Waals surface area contributed by atoms with Crippen LogP contribution in [0.5, 0.6) is 0 Å². The van der Waals surface area contributed by atoms with Crippen molar-refractivity contribution in [2.45, 2.75) is 58.0 Å². The number of nitrogens with zero attached hydrogens (tertiary/aromatic N) is 2. The van der Waals surface area contributed by atoms with E-state index >= 15 is 0 Å². The lowest BCUT2D eigenvalue weighted by atomic mass is 9.94. The van der Waals surface area contributed by atoms with Crippen molar-refractivity contribution in [1.29, 1.82) is 0 Å². The molecule has 2 atom stereocenters. The van der Waals surface area contributed by atoms with E-state index in [2.05, 4.69) is 45.0 Å². The van der Waals surface area contributed by atoms with Crippen LogP contribution in [0.25, 0.3) is 0 Å². The van der Waals surface area contributed by atoms with Crippen molar-refractivity contribution in [3.05, 3.63) is 47.1 Å². The smallest absolute Gasteiger partial charge is 0.315 e. The Balaban J connectivity index is 1.45. The predicted molar refractivity (Wildman–Crippen MR) is 97.6 cm³/mol. The van der Waals surface area contributed by atoms with Crippen LogP contribution in [0, 0.1) is 18.8 Å². The number of carbonyl (C=O) groups is 1. The molecular formula is C20H26N4O2. The fraction of sp³-hybridized carbons (Fsp3) is 0.550. The van der Waals surface area contributed by atoms with Crippen LogP contribution in [0.3, 0.4) is 0 Å². The molecule has 1 fully saturated rings. The molecule has 2 unspecified atom stereocenters. The molecular weight excluding hydrogens is 328 g/mol. The monoisotopic (exact) mass is 354 g/mol. The number of fused-ring (bicyclic) bond motifs is 3. The van der Waals surface area contributed by atoms with Gasteiger partial charge in [0, 0.05) is 6.04 Å². The molecule has 0 radical (unpaired) electrons. The van der Waals surface area contributed by atoms with Crippen LogP contribution in [0.2, 0.25) is 0 Å². The second kappa shape index (κ2) is 6.41. The average molecular weight is 354 g/mol. The van der Waals surface area contributed by atoms with E-state index in [1.807, 2.05) is 13.8 Å². The average Bonchev–Trinajstić information content (AvgIpc) is 3.11. The van der Waals surface area contributed by atoms with Crippen molar-refractivity contribution >= 4 is 6.03 Å². The molecule has 1 aromatic carbocycles. The largest absolute Gasteiger partial charge is 0.337 e. The minimum Gasteiger partial charge on any atom is -0.337 e. The molecule has 26 heavy (non-hydrogen) atoms. The second-order valence-corrected chi connectivity index (χ2v) is 8.17. The van der Waals surface area contributed by atoms with Gasteiger partial charge in [-0.1, -0.05) is 29.4 Å². The Labute approximate surface area is 153 Å². The fourth-order valence-electron chi connectivity index (χ4n) is 4.46. The van der Waals surface area contributed by atoms with E-state index in [0.29, 0.717) is 23.6 Å². The van der Waals surface area contributed by atoms with Gasteiger partial charge in [0.1, 0.15) is 5.54 Å². The Kier molecular flexibility index (Phi) is 4.21. The van der Waals surface area contributed by atoms with Crippen molar-refractivity contribution < 1.29 is 9.32 Å². The number of amides is 2. The van der Waals surface area contributed by atoms with Crippen LogP contribution in [0.1, 0.15) is 49.5 Å².